The molecule has 2 aliphatic heterocycles. The number of nitrogens with one attached hydrogen (secondary N) is 2. The van der Waals surface area contributed by atoms with E-state index in [9.17, 15) is 18.0 Å². The molecular formula is C22H25F3N8O4. The Morgan fingerprint density at radius 3 is 2.38 bits per heavy atom. The molecule has 2 saturated heterocycles. The van der Waals surface area contributed by atoms with Crippen LogP contribution in [0.15, 0.2) is 18.6 Å². The van der Waals surface area contributed by atoms with Crippen molar-refractivity contribution in [3.63, 3.8) is 0 Å². The van der Waals surface area contributed by atoms with Gasteiger partial charge in [0.25, 0.3) is 5.91 Å². The van der Waals surface area contributed by atoms with Crippen molar-refractivity contribution in [2.75, 3.05) is 43.5 Å². The first kappa shape index (κ1) is 26.1. The maximum absolute atomic E-state index is 12.9. The average molecular weight is 522 g/mol. The number of carbonyl (C=O) groups excluding carboxylic acids is 1. The number of anilines is 2. The number of carboxylic acids is 1. The number of aromatic nitrogens is 5. The number of ether oxygens (including phenoxy) is 1. The Morgan fingerprint density at radius 2 is 1.78 bits per heavy atom. The molecule has 0 radical (unpaired) electrons. The van der Waals surface area contributed by atoms with Gasteiger partial charge in [-0.05, 0) is 25.7 Å². The summed E-state index contributed by atoms with van der Waals surface area (Å²) in [7, 11) is 1.51. The zero-order valence-electron chi connectivity index (χ0n) is 20.2. The molecule has 0 aliphatic carbocycles. The van der Waals surface area contributed by atoms with E-state index < -0.39 is 12.1 Å². The quantitative estimate of drug-likeness (QED) is 0.462. The maximum atomic E-state index is 12.9. The van der Waals surface area contributed by atoms with Crippen molar-refractivity contribution in [3.8, 4) is 5.88 Å². The molecule has 0 aromatic carbocycles. The van der Waals surface area contributed by atoms with Gasteiger partial charge in [-0.3, -0.25) is 4.79 Å². The lowest BCUT2D eigenvalue weighted by Crippen LogP contribution is -2.27. The highest BCUT2D eigenvalue weighted by Crippen LogP contribution is 2.30. The second-order valence-corrected chi connectivity index (χ2v) is 8.76. The standard InChI is InChI=1S/C20H24N8O2.C2HF3O2/c1-11-7-27-10-16(24-12(2)17(27)23-11)25-18(29)15-6-22-20(26-19(15)30-3)28-8-13-4-21-5-14(13)9-28;3-2(4,5)1(6)7/h6-7,10,13-14,21H,4-5,8-9H2,1-3H3,(H,25,29);(H,6,7). The molecule has 3 aromatic heterocycles. The number of nitrogens with zero attached hydrogens (tertiary/aromatic N) is 6. The summed E-state index contributed by atoms with van der Waals surface area (Å²) in [6.45, 7) is 7.67. The number of fused-ring (bicyclic) bond motifs is 2. The molecule has 37 heavy (non-hydrogen) atoms. The predicted octanol–water partition coefficient (Wildman–Crippen LogP) is 1.69. The fourth-order valence-electron chi connectivity index (χ4n) is 4.36. The lowest BCUT2D eigenvalue weighted by Gasteiger charge is -2.18. The number of imidazole rings is 1. The molecule has 3 N–H and O–H groups in total. The first-order chi connectivity index (χ1) is 17.5. The van der Waals surface area contributed by atoms with Gasteiger partial charge in [0.15, 0.2) is 5.65 Å². The van der Waals surface area contributed by atoms with Crippen LogP contribution in [-0.2, 0) is 4.79 Å². The van der Waals surface area contributed by atoms with Crippen molar-refractivity contribution in [3.05, 3.63) is 35.5 Å². The number of aliphatic carboxylic acids is 1. The molecule has 1 amide bonds. The number of hydrogen-bond donors (Lipinski definition) is 3. The molecular weight excluding hydrogens is 497 g/mol. The summed E-state index contributed by atoms with van der Waals surface area (Å²) in [5.41, 5.74) is 2.65. The number of alkyl halides is 3. The van der Waals surface area contributed by atoms with Crippen molar-refractivity contribution in [2.24, 2.45) is 11.8 Å². The van der Waals surface area contributed by atoms with Gasteiger partial charge in [0.05, 0.1) is 24.7 Å². The summed E-state index contributed by atoms with van der Waals surface area (Å²) in [5, 5.41) is 13.4. The summed E-state index contributed by atoms with van der Waals surface area (Å²) >= 11 is 0. The highest BCUT2D eigenvalue weighted by atomic mass is 19.4. The van der Waals surface area contributed by atoms with E-state index in [0.717, 1.165) is 43.2 Å². The topological polar surface area (TPSA) is 147 Å². The van der Waals surface area contributed by atoms with Crippen LogP contribution >= 0.6 is 0 Å². The van der Waals surface area contributed by atoms with Crippen LogP contribution in [0.2, 0.25) is 0 Å². The number of rotatable bonds is 4. The second kappa shape index (κ2) is 10.2. The van der Waals surface area contributed by atoms with E-state index in [0.29, 0.717) is 23.6 Å². The third kappa shape index (κ3) is 5.71. The van der Waals surface area contributed by atoms with Gasteiger partial charge in [-0.25, -0.2) is 19.7 Å². The number of amides is 1. The van der Waals surface area contributed by atoms with Crippen molar-refractivity contribution in [2.45, 2.75) is 20.0 Å². The average Bonchev–Trinajstić information content (AvgIpc) is 3.53. The van der Waals surface area contributed by atoms with Crippen molar-refractivity contribution >= 4 is 29.3 Å². The summed E-state index contributed by atoms with van der Waals surface area (Å²) in [6.07, 6.45) is 0.0632. The van der Waals surface area contributed by atoms with E-state index >= 15 is 0 Å². The van der Waals surface area contributed by atoms with Crippen LogP contribution in [0, 0.1) is 25.7 Å². The van der Waals surface area contributed by atoms with Gasteiger partial charge in [0.2, 0.25) is 11.8 Å². The van der Waals surface area contributed by atoms with Gasteiger partial charge in [0.1, 0.15) is 11.4 Å². The third-order valence-electron chi connectivity index (χ3n) is 6.06. The molecule has 198 valence electrons. The molecule has 5 rings (SSSR count). The van der Waals surface area contributed by atoms with Crippen LogP contribution in [0.1, 0.15) is 21.7 Å². The fourth-order valence-corrected chi connectivity index (χ4v) is 4.36. The molecule has 0 bridgehead atoms. The molecule has 2 fully saturated rings. The summed E-state index contributed by atoms with van der Waals surface area (Å²) < 4.78 is 39.0. The number of carbonyl (C=O) groups is 2. The summed E-state index contributed by atoms with van der Waals surface area (Å²) in [6, 6.07) is 0. The Labute approximate surface area is 208 Å². The molecule has 2 unspecified atom stereocenters. The Balaban J connectivity index is 0.000000405. The van der Waals surface area contributed by atoms with E-state index in [1.54, 1.807) is 6.20 Å². The predicted molar refractivity (Wildman–Crippen MR) is 125 cm³/mol. The molecule has 0 saturated carbocycles. The Bertz CT molecular complexity index is 1320. The molecule has 2 aliphatic rings. The molecule has 2 atom stereocenters. The minimum atomic E-state index is -5.08. The maximum Gasteiger partial charge on any atom is 0.490 e. The SMILES string of the molecule is COc1nc(N2CC3CNCC3C2)ncc1C(=O)Nc1cn2cc(C)nc2c(C)n1.O=C(O)C(F)(F)F. The van der Waals surface area contributed by atoms with Crippen LogP contribution in [0.4, 0.5) is 24.9 Å². The van der Waals surface area contributed by atoms with Crippen molar-refractivity contribution < 1.29 is 32.6 Å². The van der Waals surface area contributed by atoms with Crippen molar-refractivity contribution in [1.29, 1.82) is 0 Å². The molecule has 3 aromatic rings. The van der Waals surface area contributed by atoms with Gasteiger partial charge in [-0.15, -0.1) is 0 Å². The Morgan fingerprint density at radius 1 is 1.14 bits per heavy atom. The molecule has 5 heterocycles. The highest BCUT2D eigenvalue weighted by Gasteiger charge is 2.38. The number of halogens is 3. The number of hydrogen-bond acceptors (Lipinski definition) is 9. The lowest BCUT2D eigenvalue weighted by molar-refractivity contribution is -0.192. The van der Waals surface area contributed by atoms with E-state index in [1.807, 2.05) is 24.4 Å². The zero-order valence-corrected chi connectivity index (χ0v) is 20.2. The summed E-state index contributed by atoms with van der Waals surface area (Å²) in [4.78, 5) is 41.8. The van der Waals surface area contributed by atoms with Crippen LogP contribution in [0.25, 0.3) is 5.65 Å². The minimum Gasteiger partial charge on any atom is -0.480 e. The molecule has 12 nitrogen and oxygen atoms in total. The zero-order chi connectivity index (χ0) is 26.9. The largest absolute Gasteiger partial charge is 0.490 e. The summed E-state index contributed by atoms with van der Waals surface area (Å²) in [5.74, 6) is -0.604. The Kier molecular flexibility index (Phi) is 7.16. The van der Waals surface area contributed by atoms with E-state index in [4.69, 9.17) is 14.6 Å². The monoisotopic (exact) mass is 522 g/mol. The van der Waals surface area contributed by atoms with Crippen molar-refractivity contribution in [1.82, 2.24) is 29.7 Å². The van der Waals surface area contributed by atoms with E-state index in [-0.39, 0.29) is 17.4 Å². The smallest absolute Gasteiger partial charge is 0.480 e. The third-order valence-corrected chi connectivity index (χ3v) is 6.06. The van der Waals surface area contributed by atoms with Gasteiger partial charge in [-0.1, -0.05) is 0 Å². The van der Waals surface area contributed by atoms with E-state index in [2.05, 4.69) is 35.5 Å². The van der Waals surface area contributed by atoms with Gasteiger partial charge in [0, 0.05) is 38.6 Å². The number of methoxy groups -OCH3 is 1. The minimum absolute atomic E-state index is 0.254. The normalized spacial score (nSPS) is 18.8. The van der Waals surface area contributed by atoms with Crippen LogP contribution in [0.5, 0.6) is 5.88 Å². The highest BCUT2D eigenvalue weighted by molar-refractivity contribution is 6.05. The van der Waals surface area contributed by atoms with Gasteiger partial charge >= 0.3 is 12.1 Å². The van der Waals surface area contributed by atoms with Gasteiger partial charge < -0.3 is 29.8 Å². The number of aryl methyl sites for hydroxylation is 2. The number of carboxylic acid groups (broad SMARTS) is 1. The van der Waals surface area contributed by atoms with E-state index in [1.165, 1.54) is 13.3 Å². The van der Waals surface area contributed by atoms with Crippen LogP contribution in [0.3, 0.4) is 0 Å². The van der Waals surface area contributed by atoms with Gasteiger partial charge in [-0.2, -0.15) is 18.2 Å². The fraction of sp³-hybridized carbons (Fsp3) is 0.455. The van der Waals surface area contributed by atoms with Crippen LogP contribution in [-0.4, -0.2) is 80.8 Å². The lowest BCUT2D eigenvalue weighted by atomic mass is 10.0. The molecule has 15 heteroatoms. The first-order valence-electron chi connectivity index (χ1n) is 11.3. The Hall–Kier alpha value is -4.01. The molecule has 0 spiro atoms. The van der Waals surface area contributed by atoms with Crippen LogP contribution < -0.4 is 20.3 Å². The first-order valence-corrected chi connectivity index (χ1v) is 11.3. The second-order valence-electron chi connectivity index (χ2n) is 8.76.